The molecule has 0 N–H and O–H groups in total. The van der Waals surface area contributed by atoms with Gasteiger partial charge in [-0.05, 0) is 102 Å². The standard InChI is InChI=1S/C56H37NO/c1-3-16-42(17-4-1)54-46-20-9-7-14-38(46)30-36-48(54)40-26-32-44(33-27-40)57(52-24-13-23-51-50-22-11-12-25-53(50)58-56(51)52)45-34-28-41(29-35-45)49-37-31-39-15-8-10-21-47(39)55(49)43-18-5-2-6-19-43/h1-37H. The zero-order valence-corrected chi connectivity index (χ0v) is 31.7. The van der Waals surface area contributed by atoms with Crippen molar-refractivity contribution in [2.24, 2.45) is 0 Å². The summed E-state index contributed by atoms with van der Waals surface area (Å²) in [5.74, 6) is 0. The monoisotopic (exact) mass is 739 g/mol. The Balaban J connectivity index is 1.07. The summed E-state index contributed by atoms with van der Waals surface area (Å²) in [6.07, 6.45) is 0. The molecule has 2 nitrogen and oxygen atoms in total. The first-order valence-electron chi connectivity index (χ1n) is 19.8. The lowest BCUT2D eigenvalue weighted by molar-refractivity contribution is 0.669. The van der Waals surface area contributed by atoms with Crippen LogP contribution in [0.15, 0.2) is 229 Å². The Labute approximate surface area is 337 Å². The lowest BCUT2D eigenvalue weighted by atomic mass is 9.89. The van der Waals surface area contributed by atoms with Gasteiger partial charge in [0.05, 0.1) is 5.69 Å². The number of benzene rings is 10. The van der Waals surface area contributed by atoms with Gasteiger partial charge in [-0.2, -0.15) is 0 Å². The summed E-state index contributed by atoms with van der Waals surface area (Å²) in [4.78, 5) is 2.33. The molecule has 0 aliphatic carbocycles. The van der Waals surface area contributed by atoms with E-state index >= 15 is 0 Å². The third kappa shape index (κ3) is 5.74. The molecule has 0 saturated carbocycles. The third-order valence-electron chi connectivity index (χ3n) is 11.5. The van der Waals surface area contributed by atoms with E-state index in [9.17, 15) is 0 Å². The second kappa shape index (κ2) is 14.1. The number of rotatable bonds is 7. The fraction of sp³-hybridized carbons (Fsp3) is 0. The molecule has 10 aromatic carbocycles. The highest BCUT2D eigenvalue weighted by atomic mass is 16.3. The first-order valence-corrected chi connectivity index (χ1v) is 19.8. The van der Waals surface area contributed by atoms with E-state index in [-0.39, 0.29) is 0 Å². The molecule has 0 amide bonds. The molecule has 272 valence electrons. The number of fused-ring (bicyclic) bond motifs is 5. The first kappa shape index (κ1) is 33.6. The topological polar surface area (TPSA) is 16.4 Å². The highest BCUT2D eigenvalue weighted by Gasteiger charge is 2.21. The van der Waals surface area contributed by atoms with Crippen LogP contribution in [0.3, 0.4) is 0 Å². The number of para-hydroxylation sites is 2. The van der Waals surface area contributed by atoms with Gasteiger partial charge in [-0.3, -0.25) is 0 Å². The Hall–Kier alpha value is -7.68. The van der Waals surface area contributed by atoms with Crippen LogP contribution in [0, 0.1) is 0 Å². The van der Waals surface area contributed by atoms with Crippen LogP contribution in [0.25, 0.3) is 88.0 Å². The highest BCUT2D eigenvalue weighted by molar-refractivity contribution is 6.11. The van der Waals surface area contributed by atoms with Crippen LogP contribution < -0.4 is 4.90 Å². The molecule has 0 aliphatic heterocycles. The van der Waals surface area contributed by atoms with Gasteiger partial charge in [0, 0.05) is 22.1 Å². The van der Waals surface area contributed by atoms with Crippen LogP contribution in [0.2, 0.25) is 0 Å². The summed E-state index contributed by atoms with van der Waals surface area (Å²) in [5, 5.41) is 7.16. The molecule has 2 heteroatoms. The molecule has 1 heterocycles. The van der Waals surface area contributed by atoms with Gasteiger partial charge in [0.1, 0.15) is 5.58 Å². The molecule has 0 aliphatic rings. The lowest BCUT2D eigenvalue weighted by Gasteiger charge is -2.26. The van der Waals surface area contributed by atoms with Crippen molar-refractivity contribution in [3.63, 3.8) is 0 Å². The number of anilines is 3. The minimum absolute atomic E-state index is 0.860. The smallest absolute Gasteiger partial charge is 0.159 e. The van der Waals surface area contributed by atoms with Gasteiger partial charge < -0.3 is 9.32 Å². The predicted molar refractivity (Wildman–Crippen MR) is 245 cm³/mol. The lowest BCUT2D eigenvalue weighted by Crippen LogP contribution is -2.10. The van der Waals surface area contributed by atoms with Crippen LogP contribution in [-0.4, -0.2) is 0 Å². The molecular weight excluding hydrogens is 703 g/mol. The van der Waals surface area contributed by atoms with Gasteiger partial charge in [-0.1, -0.05) is 188 Å². The van der Waals surface area contributed by atoms with E-state index in [0.29, 0.717) is 0 Å². The Bertz CT molecular complexity index is 3090. The maximum atomic E-state index is 6.66. The quantitative estimate of drug-likeness (QED) is 0.162. The summed E-state index contributed by atoms with van der Waals surface area (Å²) in [7, 11) is 0. The maximum absolute atomic E-state index is 6.66. The van der Waals surface area contributed by atoms with Crippen molar-refractivity contribution in [1.82, 2.24) is 0 Å². The van der Waals surface area contributed by atoms with Gasteiger partial charge in [-0.15, -0.1) is 0 Å². The Morgan fingerprint density at radius 2 is 0.741 bits per heavy atom. The summed E-state index contributed by atoms with van der Waals surface area (Å²) in [5.41, 5.74) is 14.5. The second-order valence-corrected chi connectivity index (χ2v) is 14.8. The van der Waals surface area contributed by atoms with E-state index in [1.807, 2.05) is 6.07 Å². The molecule has 0 fully saturated rings. The van der Waals surface area contributed by atoms with Crippen LogP contribution >= 0.6 is 0 Å². The van der Waals surface area contributed by atoms with Crippen molar-refractivity contribution in [3.05, 3.63) is 224 Å². The Morgan fingerprint density at radius 3 is 1.28 bits per heavy atom. The van der Waals surface area contributed by atoms with E-state index in [4.69, 9.17) is 4.42 Å². The minimum Gasteiger partial charge on any atom is -0.454 e. The van der Waals surface area contributed by atoms with Gasteiger partial charge in [0.2, 0.25) is 0 Å². The molecule has 1 aromatic heterocycles. The van der Waals surface area contributed by atoms with Gasteiger partial charge >= 0.3 is 0 Å². The van der Waals surface area contributed by atoms with Crippen LogP contribution in [-0.2, 0) is 0 Å². The molecule has 0 unspecified atom stereocenters. The summed E-state index contributed by atoms with van der Waals surface area (Å²) in [6, 6.07) is 80.6. The first-order chi connectivity index (χ1) is 28.8. The largest absolute Gasteiger partial charge is 0.454 e. The highest BCUT2D eigenvalue weighted by Crippen LogP contribution is 2.45. The van der Waals surface area contributed by atoms with Crippen LogP contribution in [0.4, 0.5) is 17.1 Å². The van der Waals surface area contributed by atoms with Gasteiger partial charge in [0.25, 0.3) is 0 Å². The number of furan rings is 1. The van der Waals surface area contributed by atoms with Crippen molar-refractivity contribution < 1.29 is 4.42 Å². The predicted octanol–water partition coefficient (Wildman–Crippen LogP) is 16.0. The number of hydrogen-bond donors (Lipinski definition) is 0. The normalized spacial score (nSPS) is 11.4. The summed E-state index contributed by atoms with van der Waals surface area (Å²) < 4.78 is 6.66. The molecule has 58 heavy (non-hydrogen) atoms. The molecule has 11 rings (SSSR count). The maximum Gasteiger partial charge on any atom is 0.159 e. The van der Waals surface area contributed by atoms with Crippen LogP contribution in [0.1, 0.15) is 0 Å². The number of nitrogens with zero attached hydrogens (tertiary/aromatic N) is 1. The Kier molecular flexibility index (Phi) is 8.19. The SMILES string of the molecule is c1ccc(-c2c(-c3ccc(N(c4ccc(-c5ccc6ccccc6c5-c5ccccc5)cc4)c4cccc5c4oc4ccccc45)cc3)ccc3ccccc23)cc1. The fourth-order valence-corrected chi connectivity index (χ4v) is 8.77. The van der Waals surface area contributed by atoms with E-state index in [2.05, 4.69) is 223 Å². The van der Waals surface area contributed by atoms with Gasteiger partial charge in [-0.25, -0.2) is 0 Å². The molecule has 0 bridgehead atoms. The molecule has 0 saturated heterocycles. The average Bonchev–Trinajstić information content (AvgIpc) is 3.69. The van der Waals surface area contributed by atoms with E-state index < -0.39 is 0 Å². The molecule has 11 aromatic rings. The van der Waals surface area contributed by atoms with Crippen molar-refractivity contribution in [3.8, 4) is 44.5 Å². The number of hydrogen-bond acceptors (Lipinski definition) is 2. The van der Waals surface area contributed by atoms with E-state index in [1.165, 1.54) is 54.9 Å². The average molecular weight is 740 g/mol. The summed E-state index contributed by atoms with van der Waals surface area (Å²) >= 11 is 0. The van der Waals surface area contributed by atoms with Gasteiger partial charge in [0.15, 0.2) is 5.58 Å². The zero-order chi connectivity index (χ0) is 38.4. The van der Waals surface area contributed by atoms with E-state index in [1.54, 1.807) is 0 Å². The van der Waals surface area contributed by atoms with Crippen molar-refractivity contribution in [2.45, 2.75) is 0 Å². The molecule has 0 atom stereocenters. The van der Waals surface area contributed by atoms with Crippen molar-refractivity contribution >= 4 is 60.5 Å². The van der Waals surface area contributed by atoms with Crippen molar-refractivity contribution in [1.29, 1.82) is 0 Å². The molecule has 0 spiro atoms. The molecule has 0 radical (unpaired) electrons. The third-order valence-corrected chi connectivity index (χ3v) is 11.5. The molecular formula is C56H37NO. The van der Waals surface area contributed by atoms with Crippen LogP contribution in [0.5, 0.6) is 0 Å². The zero-order valence-electron chi connectivity index (χ0n) is 31.7. The minimum atomic E-state index is 0.860. The Morgan fingerprint density at radius 1 is 0.293 bits per heavy atom. The van der Waals surface area contributed by atoms with Crippen molar-refractivity contribution in [2.75, 3.05) is 4.90 Å². The van der Waals surface area contributed by atoms with E-state index in [0.717, 1.165) is 50.1 Å². The second-order valence-electron chi connectivity index (χ2n) is 14.8. The fourth-order valence-electron chi connectivity index (χ4n) is 8.77. The summed E-state index contributed by atoms with van der Waals surface area (Å²) in [6.45, 7) is 0.